The molecule has 0 aromatic heterocycles. The molecule has 6 aromatic rings. The zero-order chi connectivity index (χ0) is 35.9. The van der Waals surface area contributed by atoms with Crippen molar-refractivity contribution in [3.8, 4) is 11.1 Å². The Morgan fingerprint density at radius 2 is 1.10 bits per heavy atom. The van der Waals surface area contributed by atoms with Gasteiger partial charge in [0, 0.05) is 31.8 Å². The molecule has 0 bridgehead atoms. The molecular formula is C48H46S2Si. The predicted molar refractivity (Wildman–Crippen MR) is 222 cm³/mol. The topological polar surface area (TPSA) is 0 Å². The van der Waals surface area contributed by atoms with E-state index in [-0.39, 0.29) is 10.8 Å². The third-order valence-corrected chi connectivity index (χ3v) is 19.4. The molecule has 1 fully saturated rings. The van der Waals surface area contributed by atoms with Crippen molar-refractivity contribution in [2.75, 3.05) is 0 Å². The molecule has 1 atom stereocenters. The van der Waals surface area contributed by atoms with E-state index in [0.29, 0.717) is 0 Å². The first kappa shape index (κ1) is 31.9. The summed E-state index contributed by atoms with van der Waals surface area (Å²) < 4.78 is 9.94. The largest absolute Gasteiger partial charge is 0.146 e. The lowest BCUT2D eigenvalue weighted by Crippen LogP contribution is -2.65. The summed E-state index contributed by atoms with van der Waals surface area (Å²) in [4.78, 5) is 5.47. The van der Waals surface area contributed by atoms with Crippen molar-refractivity contribution in [3.63, 3.8) is 0 Å². The second-order valence-electron chi connectivity index (χ2n) is 15.9. The SMILES string of the molecule is [2H]C1(c2ccc([Si](C)(c3ccccc3)c3cccc4c3Sc3ccccc3C4(C)C)cc2-c2cccc3c2Sc2ccccc2C3(C)C)CCCC1. The smallest absolute Gasteiger partial charge is 0.0895 e. The predicted octanol–water partition coefficient (Wildman–Crippen LogP) is 11.7. The summed E-state index contributed by atoms with van der Waals surface area (Å²) in [7, 11) is -2.60. The van der Waals surface area contributed by atoms with Crippen molar-refractivity contribution < 1.29 is 1.37 Å². The van der Waals surface area contributed by atoms with Crippen LogP contribution in [0.15, 0.2) is 153 Å². The van der Waals surface area contributed by atoms with E-state index in [0.717, 1.165) is 25.7 Å². The third kappa shape index (κ3) is 5.17. The van der Waals surface area contributed by atoms with Gasteiger partial charge in [-0.2, -0.15) is 0 Å². The fourth-order valence-corrected chi connectivity index (χ4v) is 16.6. The molecule has 254 valence electrons. The van der Waals surface area contributed by atoms with Crippen LogP contribution in [0.3, 0.4) is 0 Å². The first-order chi connectivity index (χ1) is 25.0. The van der Waals surface area contributed by atoms with Gasteiger partial charge in [-0.3, -0.25) is 0 Å². The number of hydrogen-bond acceptors (Lipinski definition) is 2. The van der Waals surface area contributed by atoms with Crippen LogP contribution in [0.4, 0.5) is 0 Å². The minimum atomic E-state index is -2.60. The molecule has 0 saturated heterocycles. The molecule has 1 unspecified atom stereocenters. The second kappa shape index (κ2) is 12.4. The van der Waals surface area contributed by atoms with E-state index < -0.39 is 14.0 Å². The van der Waals surface area contributed by atoms with Gasteiger partial charge in [0.2, 0.25) is 0 Å². The average molecular weight is 716 g/mol. The van der Waals surface area contributed by atoms with Crippen molar-refractivity contribution in [1.29, 1.82) is 0 Å². The summed E-state index contributed by atoms with van der Waals surface area (Å²) in [6, 6.07) is 50.7. The van der Waals surface area contributed by atoms with Gasteiger partial charge in [0.05, 0.1) is 0 Å². The van der Waals surface area contributed by atoms with E-state index in [1.165, 1.54) is 74.1 Å². The molecule has 9 rings (SSSR count). The zero-order valence-electron chi connectivity index (χ0n) is 31.3. The Kier molecular flexibility index (Phi) is 7.78. The van der Waals surface area contributed by atoms with Gasteiger partial charge in [0.1, 0.15) is 8.07 Å². The van der Waals surface area contributed by atoms with Crippen LogP contribution >= 0.6 is 23.5 Å². The Hall–Kier alpha value is -3.76. The summed E-state index contributed by atoms with van der Waals surface area (Å²) in [6.45, 7) is 12.1. The van der Waals surface area contributed by atoms with Crippen molar-refractivity contribution in [3.05, 3.63) is 161 Å². The van der Waals surface area contributed by atoms with Crippen LogP contribution in [0.25, 0.3) is 11.1 Å². The summed E-state index contributed by atoms with van der Waals surface area (Å²) in [6.07, 6.45) is 4.07. The Morgan fingerprint density at radius 1 is 0.549 bits per heavy atom. The maximum Gasteiger partial charge on any atom is 0.146 e. The number of fused-ring (bicyclic) bond motifs is 4. The highest BCUT2D eigenvalue weighted by molar-refractivity contribution is 8.00. The number of hydrogen-bond donors (Lipinski definition) is 0. The van der Waals surface area contributed by atoms with Crippen LogP contribution in [0.1, 0.15) is 88.5 Å². The fraction of sp³-hybridized carbons (Fsp3) is 0.250. The Balaban J connectivity index is 1.31. The molecule has 1 saturated carbocycles. The molecule has 6 aromatic carbocycles. The third-order valence-electron chi connectivity index (χ3n) is 12.3. The summed E-state index contributed by atoms with van der Waals surface area (Å²) >= 11 is 3.89. The standard InChI is InChI=1S/C48H46S2Si/c1-47(2)38-22-11-13-26-42(38)49-45-36(21-15-24-40(45)47)37-31-34(29-30-35(37)32-17-9-10-18-32)51(5,33-19-7-6-8-20-33)44-28-16-25-41-46(44)50-43-27-14-12-23-39(43)48(41,3)4/h6-8,11-16,19-32H,9-10,17-18H2,1-5H3/i32D. The van der Waals surface area contributed by atoms with Crippen LogP contribution in [0, 0.1) is 0 Å². The van der Waals surface area contributed by atoms with E-state index in [9.17, 15) is 1.37 Å². The van der Waals surface area contributed by atoms with E-state index in [2.05, 4.69) is 168 Å². The molecule has 0 radical (unpaired) electrons. The van der Waals surface area contributed by atoms with Gasteiger partial charge in [0.25, 0.3) is 0 Å². The monoisotopic (exact) mass is 715 g/mol. The van der Waals surface area contributed by atoms with Gasteiger partial charge in [-0.25, -0.2) is 0 Å². The molecule has 2 heterocycles. The highest BCUT2D eigenvalue weighted by Gasteiger charge is 2.42. The Bertz CT molecular complexity index is 2350. The maximum atomic E-state index is 9.94. The van der Waals surface area contributed by atoms with Crippen LogP contribution in [0.2, 0.25) is 6.55 Å². The van der Waals surface area contributed by atoms with Gasteiger partial charge in [-0.05, 0) is 85.4 Å². The maximum absolute atomic E-state index is 9.94. The first-order valence-corrected chi connectivity index (χ1v) is 22.7. The highest BCUT2D eigenvalue weighted by Crippen LogP contribution is 2.53. The molecule has 51 heavy (non-hydrogen) atoms. The van der Waals surface area contributed by atoms with Crippen LogP contribution < -0.4 is 15.6 Å². The number of benzene rings is 6. The lowest BCUT2D eigenvalue weighted by atomic mass is 9.76. The molecular weight excluding hydrogens is 669 g/mol. The van der Waals surface area contributed by atoms with Crippen molar-refractivity contribution >= 4 is 47.2 Å². The summed E-state index contributed by atoms with van der Waals surface area (Å²) in [5.74, 6) is -0.580. The van der Waals surface area contributed by atoms with Crippen molar-refractivity contribution in [2.24, 2.45) is 0 Å². The minimum absolute atomic E-state index is 0.0995. The van der Waals surface area contributed by atoms with Crippen molar-refractivity contribution in [1.82, 2.24) is 0 Å². The molecule has 1 aliphatic carbocycles. The van der Waals surface area contributed by atoms with Gasteiger partial charge in [-0.15, -0.1) is 0 Å². The van der Waals surface area contributed by atoms with E-state index in [4.69, 9.17) is 0 Å². The molecule has 3 heteroatoms. The van der Waals surface area contributed by atoms with E-state index >= 15 is 0 Å². The quantitative estimate of drug-likeness (QED) is 0.129. The van der Waals surface area contributed by atoms with Gasteiger partial charge < -0.3 is 0 Å². The highest BCUT2D eigenvalue weighted by atomic mass is 32.2. The molecule has 0 spiro atoms. The van der Waals surface area contributed by atoms with E-state index in [1.54, 1.807) is 0 Å². The van der Waals surface area contributed by atoms with Gasteiger partial charge in [0.15, 0.2) is 0 Å². The lowest BCUT2D eigenvalue weighted by molar-refractivity contribution is 0.608. The molecule has 0 nitrogen and oxygen atoms in total. The van der Waals surface area contributed by atoms with E-state index in [1.807, 2.05) is 23.5 Å². The van der Waals surface area contributed by atoms with Crippen LogP contribution in [-0.4, -0.2) is 8.07 Å². The van der Waals surface area contributed by atoms with Gasteiger partial charge >= 0.3 is 0 Å². The Morgan fingerprint density at radius 3 is 1.76 bits per heavy atom. The fourth-order valence-electron chi connectivity index (χ4n) is 9.24. The summed E-state index contributed by atoms with van der Waals surface area (Å²) in [5, 5.41) is 4.30. The Labute approximate surface area is 315 Å². The minimum Gasteiger partial charge on any atom is -0.0895 e. The second-order valence-corrected chi connectivity index (χ2v) is 21.9. The van der Waals surface area contributed by atoms with Crippen LogP contribution in [0.5, 0.6) is 0 Å². The normalized spacial score (nSPS) is 19.1. The molecule has 0 N–H and O–H groups in total. The molecule has 2 aliphatic heterocycles. The van der Waals surface area contributed by atoms with Crippen molar-refractivity contribution in [2.45, 2.75) is 96.2 Å². The van der Waals surface area contributed by atoms with Gasteiger partial charge in [-0.1, -0.05) is 192 Å². The average Bonchev–Trinajstić information content (AvgIpc) is 3.61. The molecule has 0 amide bonds. The number of rotatable bonds is 5. The molecule has 3 aliphatic rings. The zero-order valence-corrected chi connectivity index (χ0v) is 33.0. The summed E-state index contributed by atoms with van der Waals surface area (Å²) in [5.41, 5.74) is 9.13. The lowest BCUT2D eigenvalue weighted by Gasteiger charge is -2.39. The van der Waals surface area contributed by atoms with Crippen LogP contribution in [-0.2, 0) is 10.8 Å². The first-order valence-electron chi connectivity index (χ1n) is 19.1.